The van der Waals surface area contributed by atoms with Gasteiger partial charge in [-0.1, -0.05) is 29.3 Å². The van der Waals surface area contributed by atoms with Crippen LogP contribution in [0, 0.1) is 20.8 Å². The molecule has 0 unspecified atom stereocenters. The molecule has 1 N–H and O–H groups in total. The van der Waals surface area contributed by atoms with Crippen molar-refractivity contribution in [1.82, 2.24) is 9.55 Å². The minimum absolute atomic E-state index is 0.146. The fourth-order valence-corrected chi connectivity index (χ4v) is 2.55. The number of hydrogen-bond acceptors (Lipinski definition) is 2. The predicted octanol–water partition coefficient (Wildman–Crippen LogP) is 2.47. The molecule has 0 aliphatic heterocycles. The monoisotopic (exact) mass is 258 g/mol. The van der Waals surface area contributed by atoms with Gasteiger partial charge in [0.2, 0.25) is 0 Å². The lowest BCUT2D eigenvalue weighted by Crippen LogP contribution is -2.01. The van der Waals surface area contributed by atoms with Gasteiger partial charge < -0.3 is 9.67 Å². The summed E-state index contributed by atoms with van der Waals surface area (Å²) in [5.41, 5.74) is 6.17. The molecule has 0 aliphatic rings. The minimum atomic E-state index is 0.146. The summed E-state index contributed by atoms with van der Waals surface area (Å²) in [5.74, 6) is 0.958. The largest absolute Gasteiger partial charge is 0.396 e. The number of hydrogen-bond donors (Lipinski definition) is 1. The number of rotatable bonds is 4. The van der Waals surface area contributed by atoms with Crippen LogP contribution in [0.3, 0.4) is 0 Å². The number of nitrogens with zero attached hydrogens (tertiary/aromatic N) is 2. The summed E-state index contributed by atoms with van der Waals surface area (Å²) < 4.78 is 2.08. The van der Waals surface area contributed by atoms with Crippen molar-refractivity contribution in [2.75, 3.05) is 6.61 Å². The molecule has 3 heteroatoms. The molecule has 19 heavy (non-hydrogen) atoms. The molecule has 0 aliphatic carbocycles. The van der Waals surface area contributed by atoms with Crippen molar-refractivity contribution in [1.29, 1.82) is 0 Å². The SMILES string of the molecule is Cc1cc(C)cc(Cc2nc(CCO)n(C)c2C)c1. The van der Waals surface area contributed by atoms with Crippen molar-refractivity contribution in [3.05, 3.63) is 52.1 Å². The van der Waals surface area contributed by atoms with E-state index in [0.717, 1.165) is 17.9 Å². The van der Waals surface area contributed by atoms with Crippen molar-refractivity contribution in [3.63, 3.8) is 0 Å². The summed E-state index contributed by atoms with van der Waals surface area (Å²) in [5, 5.41) is 9.05. The van der Waals surface area contributed by atoms with E-state index in [2.05, 4.69) is 48.5 Å². The zero-order valence-electron chi connectivity index (χ0n) is 12.2. The van der Waals surface area contributed by atoms with Crippen LogP contribution in [0.25, 0.3) is 0 Å². The van der Waals surface area contributed by atoms with E-state index < -0.39 is 0 Å². The first-order chi connectivity index (χ1) is 9.01. The Morgan fingerprint density at radius 3 is 2.32 bits per heavy atom. The zero-order valence-corrected chi connectivity index (χ0v) is 12.2. The van der Waals surface area contributed by atoms with Gasteiger partial charge in [0.1, 0.15) is 5.82 Å². The normalized spacial score (nSPS) is 11.0. The first-order valence-corrected chi connectivity index (χ1v) is 6.70. The Balaban J connectivity index is 2.30. The van der Waals surface area contributed by atoms with Gasteiger partial charge >= 0.3 is 0 Å². The van der Waals surface area contributed by atoms with Crippen molar-refractivity contribution in [3.8, 4) is 0 Å². The lowest BCUT2D eigenvalue weighted by Gasteiger charge is -2.04. The van der Waals surface area contributed by atoms with Crippen LogP contribution in [0.1, 0.15) is 33.9 Å². The van der Waals surface area contributed by atoms with Crippen LogP contribution in [-0.2, 0) is 19.9 Å². The van der Waals surface area contributed by atoms with Crippen LogP contribution in [0.2, 0.25) is 0 Å². The maximum absolute atomic E-state index is 9.05. The molecule has 0 saturated heterocycles. The summed E-state index contributed by atoms with van der Waals surface area (Å²) >= 11 is 0. The molecular weight excluding hydrogens is 236 g/mol. The van der Waals surface area contributed by atoms with Gasteiger partial charge in [0.05, 0.1) is 12.3 Å². The average molecular weight is 258 g/mol. The van der Waals surface area contributed by atoms with Gasteiger partial charge in [-0.2, -0.15) is 0 Å². The Bertz CT molecular complexity index is 564. The molecule has 1 heterocycles. The standard InChI is InChI=1S/C16H22N2O/c1-11-7-12(2)9-14(8-11)10-15-13(3)18(4)16(17-15)5-6-19/h7-9,19H,5-6,10H2,1-4H3. The second kappa shape index (κ2) is 5.57. The van der Waals surface area contributed by atoms with Gasteiger partial charge in [-0.15, -0.1) is 0 Å². The molecule has 1 aromatic carbocycles. The highest BCUT2D eigenvalue weighted by atomic mass is 16.3. The van der Waals surface area contributed by atoms with Crippen LogP contribution in [-0.4, -0.2) is 21.3 Å². The highest BCUT2D eigenvalue weighted by molar-refractivity contribution is 5.32. The van der Waals surface area contributed by atoms with Gasteiger partial charge in [0.25, 0.3) is 0 Å². The fraction of sp³-hybridized carbons (Fsp3) is 0.438. The van der Waals surface area contributed by atoms with Gasteiger partial charge in [0, 0.05) is 25.6 Å². The molecule has 0 amide bonds. The van der Waals surface area contributed by atoms with Crippen molar-refractivity contribution in [2.45, 2.75) is 33.6 Å². The van der Waals surface area contributed by atoms with Gasteiger partial charge in [-0.3, -0.25) is 0 Å². The third-order valence-electron chi connectivity index (χ3n) is 3.56. The molecule has 0 bridgehead atoms. The van der Waals surface area contributed by atoms with Gasteiger partial charge in [-0.05, 0) is 26.3 Å². The molecule has 0 fully saturated rings. The van der Waals surface area contributed by atoms with Crippen molar-refractivity contribution in [2.24, 2.45) is 7.05 Å². The molecule has 2 rings (SSSR count). The Kier molecular flexibility index (Phi) is 4.05. The van der Waals surface area contributed by atoms with Crippen molar-refractivity contribution < 1.29 is 5.11 Å². The lowest BCUT2D eigenvalue weighted by atomic mass is 10.0. The molecule has 2 aromatic rings. The Hall–Kier alpha value is -1.61. The molecule has 0 radical (unpaired) electrons. The molecule has 0 spiro atoms. The van der Waals surface area contributed by atoms with Crippen LogP contribution >= 0.6 is 0 Å². The van der Waals surface area contributed by atoms with Crippen molar-refractivity contribution >= 4 is 0 Å². The number of aromatic nitrogens is 2. The average Bonchev–Trinajstić information content (AvgIpc) is 2.57. The Labute approximate surface area is 114 Å². The Morgan fingerprint density at radius 2 is 1.74 bits per heavy atom. The predicted molar refractivity (Wildman–Crippen MR) is 77.5 cm³/mol. The first kappa shape index (κ1) is 13.8. The molecule has 0 atom stereocenters. The summed E-state index contributed by atoms with van der Waals surface area (Å²) in [7, 11) is 2.01. The second-order valence-electron chi connectivity index (χ2n) is 5.27. The minimum Gasteiger partial charge on any atom is -0.396 e. The number of benzene rings is 1. The van der Waals surface area contributed by atoms with E-state index >= 15 is 0 Å². The van der Waals surface area contributed by atoms with Gasteiger partial charge in [-0.25, -0.2) is 4.98 Å². The van der Waals surface area contributed by atoms with Gasteiger partial charge in [0.15, 0.2) is 0 Å². The third kappa shape index (κ3) is 3.04. The zero-order chi connectivity index (χ0) is 14.0. The number of imidazole rings is 1. The summed E-state index contributed by atoms with van der Waals surface area (Å²) in [6.45, 7) is 6.48. The van der Waals surface area contributed by atoms with Crippen LogP contribution in [0.15, 0.2) is 18.2 Å². The van der Waals surface area contributed by atoms with Crippen LogP contribution in [0.4, 0.5) is 0 Å². The molecule has 3 nitrogen and oxygen atoms in total. The Morgan fingerprint density at radius 1 is 1.11 bits per heavy atom. The first-order valence-electron chi connectivity index (χ1n) is 6.70. The molecule has 0 saturated carbocycles. The molecular formula is C16H22N2O. The topological polar surface area (TPSA) is 38.1 Å². The second-order valence-corrected chi connectivity index (χ2v) is 5.27. The van der Waals surface area contributed by atoms with E-state index in [-0.39, 0.29) is 6.61 Å². The van der Waals surface area contributed by atoms with E-state index in [1.54, 1.807) is 0 Å². The highest BCUT2D eigenvalue weighted by Gasteiger charge is 2.11. The fourth-order valence-electron chi connectivity index (χ4n) is 2.55. The number of aliphatic hydroxyl groups excluding tert-OH is 1. The number of aliphatic hydroxyl groups is 1. The summed E-state index contributed by atoms with van der Waals surface area (Å²) in [6, 6.07) is 6.62. The summed E-state index contributed by atoms with van der Waals surface area (Å²) in [4.78, 5) is 4.66. The molecule has 102 valence electrons. The van der Waals surface area contributed by atoms with Crippen LogP contribution < -0.4 is 0 Å². The quantitative estimate of drug-likeness (QED) is 0.915. The van der Waals surface area contributed by atoms with E-state index in [4.69, 9.17) is 5.11 Å². The maximum atomic E-state index is 9.05. The van der Waals surface area contributed by atoms with Crippen LogP contribution in [0.5, 0.6) is 0 Å². The third-order valence-corrected chi connectivity index (χ3v) is 3.56. The summed E-state index contributed by atoms with van der Waals surface area (Å²) in [6.07, 6.45) is 1.47. The van der Waals surface area contributed by atoms with E-state index in [0.29, 0.717) is 6.42 Å². The highest BCUT2D eigenvalue weighted by Crippen LogP contribution is 2.17. The lowest BCUT2D eigenvalue weighted by molar-refractivity contribution is 0.295. The smallest absolute Gasteiger partial charge is 0.111 e. The van der Waals surface area contributed by atoms with E-state index in [9.17, 15) is 0 Å². The van der Waals surface area contributed by atoms with E-state index in [1.165, 1.54) is 22.4 Å². The molecule has 1 aromatic heterocycles. The maximum Gasteiger partial charge on any atom is 0.111 e. The van der Waals surface area contributed by atoms with E-state index in [1.807, 2.05) is 7.05 Å². The number of aryl methyl sites for hydroxylation is 2.